The van der Waals surface area contributed by atoms with Gasteiger partial charge in [0.2, 0.25) is 5.91 Å². The topological polar surface area (TPSA) is 85.3 Å². The van der Waals surface area contributed by atoms with Crippen molar-refractivity contribution in [2.75, 3.05) is 6.56 Å². The van der Waals surface area contributed by atoms with Crippen LogP contribution in [-0.2, 0) is 23.8 Å². The molecule has 0 spiro atoms. The van der Waals surface area contributed by atoms with E-state index in [1.54, 1.807) is 20.8 Å². The molecule has 0 aromatic heterocycles. The standard InChI is InChI=1S/C14H19NO6/c1-13(2)20-11-9(7-16)19-12(14(11,3)21-13)15-5-4-8(17)6-10(15)18/h4-5,9,11-12,16H,6-7H2,1-3H3/t9-,11-,12-,14-/m1/s1/i7D2. The molecule has 0 bridgehead atoms. The molecule has 3 aliphatic heterocycles. The summed E-state index contributed by atoms with van der Waals surface area (Å²) in [6.07, 6.45) is -1.01. The second-order valence-electron chi connectivity index (χ2n) is 6.02. The Hall–Kier alpha value is -1.28. The summed E-state index contributed by atoms with van der Waals surface area (Å²) < 4.78 is 32.3. The van der Waals surface area contributed by atoms with Crippen molar-refractivity contribution in [2.45, 2.75) is 57.0 Å². The summed E-state index contributed by atoms with van der Waals surface area (Å²) in [5, 5.41) is 9.77. The number of aliphatic hydroxyl groups is 1. The molecular weight excluding hydrogens is 278 g/mol. The molecule has 3 heterocycles. The van der Waals surface area contributed by atoms with Crippen LogP contribution >= 0.6 is 0 Å². The minimum absolute atomic E-state index is 0.294. The summed E-state index contributed by atoms with van der Waals surface area (Å²) in [4.78, 5) is 24.7. The number of allylic oxidation sites excluding steroid dienone is 1. The fourth-order valence-corrected chi connectivity index (χ4v) is 3.13. The van der Waals surface area contributed by atoms with Crippen molar-refractivity contribution < 1.29 is 31.6 Å². The molecule has 3 aliphatic rings. The number of hydrogen-bond acceptors (Lipinski definition) is 6. The first-order valence-corrected chi connectivity index (χ1v) is 6.72. The summed E-state index contributed by atoms with van der Waals surface area (Å²) in [6, 6.07) is 0. The van der Waals surface area contributed by atoms with Crippen molar-refractivity contribution in [3.8, 4) is 0 Å². The van der Waals surface area contributed by atoms with Gasteiger partial charge < -0.3 is 19.3 Å². The van der Waals surface area contributed by atoms with Gasteiger partial charge in [-0.1, -0.05) is 0 Å². The molecule has 0 radical (unpaired) electrons. The number of fused-ring (bicyclic) bond motifs is 1. The quantitative estimate of drug-likeness (QED) is 0.718. The van der Waals surface area contributed by atoms with Crippen molar-refractivity contribution in [1.82, 2.24) is 4.90 Å². The monoisotopic (exact) mass is 299 g/mol. The predicted octanol–water partition coefficient (Wildman–Crippen LogP) is -0.0711. The molecule has 0 aromatic carbocycles. The molecule has 116 valence electrons. The fourth-order valence-electron chi connectivity index (χ4n) is 3.13. The first-order chi connectivity index (χ1) is 10.4. The number of carbonyl (C=O) groups is 2. The molecule has 1 amide bonds. The number of ketones is 1. The van der Waals surface area contributed by atoms with Gasteiger partial charge in [-0.05, 0) is 26.8 Å². The second kappa shape index (κ2) is 4.61. The molecule has 3 rings (SSSR count). The Balaban J connectivity index is 1.99. The lowest BCUT2D eigenvalue weighted by molar-refractivity contribution is -0.223. The highest BCUT2D eigenvalue weighted by molar-refractivity contribution is 6.06. The van der Waals surface area contributed by atoms with Crippen molar-refractivity contribution >= 4 is 11.7 Å². The zero-order valence-corrected chi connectivity index (χ0v) is 12.0. The average molecular weight is 299 g/mol. The van der Waals surface area contributed by atoms with E-state index in [-0.39, 0.29) is 12.2 Å². The van der Waals surface area contributed by atoms with Crippen LogP contribution in [0.5, 0.6) is 0 Å². The van der Waals surface area contributed by atoms with E-state index in [0.717, 1.165) is 0 Å². The highest BCUT2D eigenvalue weighted by Crippen LogP contribution is 2.47. The highest BCUT2D eigenvalue weighted by atomic mass is 16.8. The lowest BCUT2D eigenvalue weighted by Crippen LogP contribution is -2.53. The summed E-state index contributed by atoms with van der Waals surface area (Å²) in [6.45, 7) is 2.28. The van der Waals surface area contributed by atoms with Gasteiger partial charge in [0, 0.05) is 6.20 Å². The van der Waals surface area contributed by atoms with E-state index >= 15 is 0 Å². The van der Waals surface area contributed by atoms with Crippen LogP contribution in [0, 0.1) is 0 Å². The van der Waals surface area contributed by atoms with Crippen LogP contribution in [0.3, 0.4) is 0 Å². The van der Waals surface area contributed by atoms with Gasteiger partial charge in [0.25, 0.3) is 0 Å². The SMILES string of the molecule is [2H]C([2H])(O)[C@H]1O[C@@H](N2C=CC(=O)CC2=O)[C@]2(C)OC(C)(C)O[C@H]12. The summed E-state index contributed by atoms with van der Waals surface area (Å²) >= 11 is 0. The number of rotatable bonds is 2. The van der Waals surface area contributed by atoms with E-state index < -0.39 is 42.3 Å². The lowest BCUT2D eigenvalue weighted by atomic mass is 9.95. The van der Waals surface area contributed by atoms with Gasteiger partial charge in [0.05, 0.1) is 15.7 Å². The van der Waals surface area contributed by atoms with Crippen LogP contribution in [0.2, 0.25) is 0 Å². The normalized spacial score (nSPS) is 43.8. The van der Waals surface area contributed by atoms with Gasteiger partial charge >= 0.3 is 0 Å². The van der Waals surface area contributed by atoms with Crippen molar-refractivity contribution in [3.63, 3.8) is 0 Å². The lowest BCUT2D eigenvalue weighted by Gasteiger charge is -2.36. The van der Waals surface area contributed by atoms with Gasteiger partial charge in [-0.3, -0.25) is 14.5 Å². The van der Waals surface area contributed by atoms with Gasteiger partial charge in [-0.25, -0.2) is 0 Å². The Morgan fingerprint density at radius 1 is 1.48 bits per heavy atom. The molecular formula is C14H19NO6. The Bertz CT molecular complexity index is 586. The smallest absolute Gasteiger partial charge is 0.236 e. The van der Waals surface area contributed by atoms with Crippen LogP contribution in [-0.4, -0.2) is 58.1 Å². The third-order valence-corrected chi connectivity index (χ3v) is 3.90. The molecule has 0 aliphatic carbocycles. The molecule has 7 heteroatoms. The molecule has 0 unspecified atom stereocenters. The van der Waals surface area contributed by atoms with E-state index in [2.05, 4.69) is 0 Å². The Morgan fingerprint density at radius 2 is 2.19 bits per heavy atom. The van der Waals surface area contributed by atoms with E-state index in [9.17, 15) is 14.7 Å². The van der Waals surface area contributed by atoms with Crippen LogP contribution in [0.1, 0.15) is 29.9 Å². The number of nitrogens with zero attached hydrogens (tertiary/aromatic N) is 1. The van der Waals surface area contributed by atoms with Crippen LogP contribution in [0.15, 0.2) is 12.3 Å². The van der Waals surface area contributed by atoms with Gasteiger partial charge in [0.15, 0.2) is 17.8 Å². The average Bonchev–Trinajstić information content (AvgIpc) is 2.75. The molecule has 2 fully saturated rings. The Kier molecular flexibility index (Phi) is 2.69. The summed E-state index contributed by atoms with van der Waals surface area (Å²) in [5.41, 5.74) is -1.19. The van der Waals surface area contributed by atoms with E-state index in [1.165, 1.54) is 17.2 Å². The third kappa shape index (κ3) is 2.20. The van der Waals surface area contributed by atoms with Crippen LogP contribution < -0.4 is 0 Å². The highest BCUT2D eigenvalue weighted by Gasteiger charge is 2.65. The predicted molar refractivity (Wildman–Crippen MR) is 69.8 cm³/mol. The molecule has 4 atom stereocenters. The molecule has 0 saturated carbocycles. The minimum Gasteiger partial charge on any atom is -0.394 e. The second-order valence-corrected chi connectivity index (χ2v) is 6.02. The number of carbonyl (C=O) groups excluding carboxylic acids is 2. The van der Waals surface area contributed by atoms with E-state index in [1.807, 2.05) is 0 Å². The first-order valence-electron chi connectivity index (χ1n) is 7.72. The van der Waals surface area contributed by atoms with Crippen LogP contribution in [0.4, 0.5) is 0 Å². The first kappa shape index (κ1) is 12.3. The van der Waals surface area contributed by atoms with Crippen molar-refractivity contribution in [3.05, 3.63) is 12.3 Å². The van der Waals surface area contributed by atoms with E-state index in [4.69, 9.17) is 17.0 Å². The largest absolute Gasteiger partial charge is 0.394 e. The number of ether oxygens (including phenoxy) is 3. The van der Waals surface area contributed by atoms with Crippen molar-refractivity contribution in [2.24, 2.45) is 0 Å². The molecule has 7 nitrogen and oxygen atoms in total. The van der Waals surface area contributed by atoms with Gasteiger partial charge in [-0.2, -0.15) is 0 Å². The summed E-state index contributed by atoms with van der Waals surface area (Å²) in [5.74, 6) is -1.82. The van der Waals surface area contributed by atoms with Gasteiger partial charge in [0.1, 0.15) is 17.8 Å². The maximum atomic E-state index is 12.2. The minimum atomic E-state index is -2.68. The zero-order valence-electron chi connectivity index (χ0n) is 14.0. The van der Waals surface area contributed by atoms with Gasteiger partial charge in [-0.15, -0.1) is 0 Å². The molecule has 2 saturated heterocycles. The van der Waals surface area contributed by atoms with Crippen molar-refractivity contribution in [1.29, 1.82) is 0 Å². The Labute approximate surface area is 125 Å². The maximum Gasteiger partial charge on any atom is 0.236 e. The number of hydrogen-bond donors (Lipinski definition) is 1. The molecule has 21 heavy (non-hydrogen) atoms. The molecule has 0 aromatic rings. The number of amides is 1. The molecule has 1 N–H and O–H groups in total. The third-order valence-electron chi connectivity index (χ3n) is 3.90. The van der Waals surface area contributed by atoms with E-state index in [0.29, 0.717) is 0 Å². The fraction of sp³-hybridized carbons (Fsp3) is 0.714. The maximum absolute atomic E-state index is 12.2. The Morgan fingerprint density at radius 3 is 2.81 bits per heavy atom. The van der Waals surface area contributed by atoms with Crippen LogP contribution in [0.25, 0.3) is 0 Å². The zero-order chi connectivity index (χ0) is 17.2. The summed E-state index contributed by atoms with van der Waals surface area (Å²) in [7, 11) is 0.